The van der Waals surface area contributed by atoms with Crippen LogP contribution in [0, 0.1) is 5.82 Å². The Bertz CT molecular complexity index is 948. The molecule has 1 saturated heterocycles. The van der Waals surface area contributed by atoms with Crippen LogP contribution in [0.1, 0.15) is 18.9 Å². The molecule has 1 aliphatic heterocycles. The lowest BCUT2D eigenvalue weighted by Crippen LogP contribution is -2.38. The van der Waals surface area contributed by atoms with Crippen LogP contribution in [0.3, 0.4) is 0 Å². The number of amides is 1. The number of para-hydroxylation sites is 1. The van der Waals surface area contributed by atoms with E-state index < -0.39 is 15.8 Å². The van der Waals surface area contributed by atoms with Gasteiger partial charge >= 0.3 is 0 Å². The molecular weight excluding hydrogens is 393 g/mol. The lowest BCUT2D eigenvalue weighted by atomic mass is 10.1. The van der Waals surface area contributed by atoms with Gasteiger partial charge in [0.25, 0.3) is 0 Å². The van der Waals surface area contributed by atoms with Gasteiger partial charge in [0.1, 0.15) is 5.82 Å². The van der Waals surface area contributed by atoms with Crippen LogP contribution < -0.4 is 5.32 Å². The van der Waals surface area contributed by atoms with Gasteiger partial charge in [-0.15, -0.1) is 0 Å². The maximum Gasteiger partial charge on any atom is 0.243 e. The van der Waals surface area contributed by atoms with E-state index in [4.69, 9.17) is 0 Å². The molecule has 2 aromatic carbocycles. The molecule has 0 radical (unpaired) electrons. The number of carbonyl (C=O) groups excluding carboxylic acids is 1. The van der Waals surface area contributed by atoms with E-state index in [2.05, 4.69) is 5.32 Å². The van der Waals surface area contributed by atoms with Crippen LogP contribution in [0.25, 0.3) is 0 Å². The summed E-state index contributed by atoms with van der Waals surface area (Å²) in [6.45, 7) is 4.01. The lowest BCUT2D eigenvalue weighted by molar-refractivity contribution is -0.117. The van der Waals surface area contributed by atoms with Crippen LogP contribution in [-0.2, 0) is 21.2 Å². The highest BCUT2D eigenvalue weighted by atomic mass is 32.2. The molecule has 2 aromatic rings. The van der Waals surface area contributed by atoms with Gasteiger partial charge < -0.3 is 5.32 Å². The Morgan fingerprint density at radius 2 is 1.76 bits per heavy atom. The second-order valence-electron chi connectivity index (χ2n) is 7.05. The predicted molar refractivity (Wildman–Crippen MR) is 111 cm³/mol. The monoisotopic (exact) mass is 419 g/mol. The zero-order chi connectivity index (χ0) is 20.9. The third kappa shape index (κ3) is 5.41. The normalized spacial score (nSPS) is 16.3. The van der Waals surface area contributed by atoms with Crippen molar-refractivity contribution in [1.29, 1.82) is 0 Å². The molecule has 0 aromatic heterocycles. The van der Waals surface area contributed by atoms with Crippen LogP contribution in [0.5, 0.6) is 0 Å². The zero-order valence-corrected chi connectivity index (χ0v) is 17.3. The van der Waals surface area contributed by atoms with Crippen molar-refractivity contribution >= 4 is 21.6 Å². The number of nitrogens with zero attached hydrogens (tertiary/aromatic N) is 2. The quantitative estimate of drug-likeness (QED) is 0.782. The van der Waals surface area contributed by atoms with Gasteiger partial charge in [-0.2, -0.15) is 4.31 Å². The van der Waals surface area contributed by atoms with Crippen molar-refractivity contribution in [3.05, 3.63) is 59.9 Å². The molecule has 29 heavy (non-hydrogen) atoms. The second-order valence-corrected chi connectivity index (χ2v) is 8.98. The highest BCUT2D eigenvalue weighted by molar-refractivity contribution is 7.89. The smallest absolute Gasteiger partial charge is 0.243 e. The summed E-state index contributed by atoms with van der Waals surface area (Å²) in [6, 6.07) is 12.6. The van der Waals surface area contributed by atoms with E-state index in [-0.39, 0.29) is 17.3 Å². The average molecular weight is 420 g/mol. The minimum Gasteiger partial charge on any atom is -0.325 e. The Hall–Kier alpha value is -2.29. The summed E-state index contributed by atoms with van der Waals surface area (Å²) in [5.74, 6) is -0.581. The van der Waals surface area contributed by atoms with Gasteiger partial charge in [0, 0.05) is 25.3 Å². The van der Waals surface area contributed by atoms with E-state index in [1.807, 2.05) is 36.1 Å². The van der Waals surface area contributed by atoms with Gasteiger partial charge in [0.15, 0.2) is 0 Å². The van der Waals surface area contributed by atoms with Crippen LogP contribution in [0.4, 0.5) is 10.1 Å². The fourth-order valence-corrected chi connectivity index (χ4v) is 4.91. The van der Waals surface area contributed by atoms with Gasteiger partial charge in [-0.1, -0.05) is 25.1 Å². The van der Waals surface area contributed by atoms with Crippen molar-refractivity contribution in [3.63, 3.8) is 0 Å². The van der Waals surface area contributed by atoms with Gasteiger partial charge in [0.05, 0.1) is 11.4 Å². The maximum absolute atomic E-state index is 13.1. The Labute approximate surface area is 171 Å². The highest BCUT2D eigenvalue weighted by Crippen LogP contribution is 2.19. The minimum absolute atomic E-state index is 0.0845. The van der Waals surface area contributed by atoms with Crippen LogP contribution in [0.2, 0.25) is 0 Å². The van der Waals surface area contributed by atoms with E-state index >= 15 is 0 Å². The van der Waals surface area contributed by atoms with E-state index in [0.717, 1.165) is 29.8 Å². The number of carbonyl (C=O) groups is 1. The molecule has 8 heteroatoms. The fourth-order valence-electron chi connectivity index (χ4n) is 3.44. The standard InChI is InChI=1S/C21H26FN3O3S/c1-2-17-6-3-4-7-20(17)23-21(26)16-24-12-5-13-25(15-14-24)29(27,28)19-10-8-18(22)9-11-19/h3-4,6-11H,2,5,12-16H2,1H3,(H,23,26). The zero-order valence-electron chi connectivity index (χ0n) is 16.5. The molecule has 1 heterocycles. The fraction of sp³-hybridized carbons (Fsp3) is 0.381. The number of aryl methyl sites for hydroxylation is 1. The lowest BCUT2D eigenvalue weighted by Gasteiger charge is -2.21. The van der Waals surface area contributed by atoms with Crippen molar-refractivity contribution < 1.29 is 17.6 Å². The molecule has 0 bridgehead atoms. The topological polar surface area (TPSA) is 69.7 Å². The van der Waals surface area contributed by atoms with Crippen molar-refractivity contribution in [2.45, 2.75) is 24.7 Å². The molecule has 1 amide bonds. The first-order valence-corrected chi connectivity index (χ1v) is 11.2. The molecule has 1 N–H and O–H groups in total. The Morgan fingerprint density at radius 1 is 1.03 bits per heavy atom. The molecule has 0 saturated carbocycles. The van der Waals surface area contributed by atoms with Crippen LogP contribution in [0.15, 0.2) is 53.4 Å². The number of benzene rings is 2. The van der Waals surface area contributed by atoms with Crippen molar-refractivity contribution in [1.82, 2.24) is 9.21 Å². The van der Waals surface area contributed by atoms with Crippen molar-refractivity contribution in [2.24, 2.45) is 0 Å². The second kappa shape index (κ2) is 9.47. The summed E-state index contributed by atoms with van der Waals surface area (Å²) in [4.78, 5) is 14.5. The summed E-state index contributed by atoms with van der Waals surface area (Å²) < 4.78 is 40.1. The molecule has 156 valence electrons. The van der Waals surface area contributed by atoms with Crippen LogP contribution >= 0.6 is 0 Å². The van der Waals surface area contributed by atoms with Gasteiger partial charge in [0.2, 0.25) is 15.9 Å². The molecule has 3 rings (SSSR count). The molecule has 6 nitrogen and oxygen atoms in total. The number of hydrogen-bond acceptors (Lipinski definition) is 4. The van der Waals surface area contributed by atoms with E-state index in [1.165, 1.54) is 16.4 Å². The Balaban J connectivity index is 1.59. The SMILES string of the molecule is CCc1ccccc1NC(=O)CN1CCCN(S(=O)(=O)c2ccc(F)cc2)CC1. The number of sulfonamides is 1. The number of hydrogen-bond donors (Lipinski definition) is 1. The Morgan fingerprint density at radius 3 is 2.48 bits per heavy atom. The van der Waals surface area contributed by atoms with E-state index in [9.17, 15) is 17.6 Å². The number of nitrogens with one attached hydrogen (secondary N) is 1. The van der Waals surface area contributed by atoms with E-state index in [0.29, 0.717) is 32.6 Å². The first-order chi connectivity index (χ1) is 13.9. The third-order valence-corrected chi connectivity index (χ3v) is 6.95. The summed E-state index contributed by atoms with van der Waals surface area (Å²) in [6.07, 6.45) is 1.45. The summed E-state index contributed by atoms with van der Waals surface area (Å²) in [5, 5.41) is 2.95. The summed E-state index contributed by atoms with van der Waals surface area (Å²) >= 11 is 0. The van der Waals surface area contributed by atoms with Crippen molar-refractivity contribution in [3.8, 4) is 0 Å². The summed E-state index contributed by atoms with van der Waals surface area (Å²) in [7, 11) is -3.67. The maximum atomic E-state index is 13.1. The first-order valence-electron chi connectivity index (χ1n) is 9.76. The van der Waals surface area contributed by atoms with Gasteiger partial charge in [-0.25, -0.2) is 12.8 Å². The summed E-state index contributed by atoms with van der Waals surface area (Å²) in [5.41, 5.74) is 1.89. The molecule has 0 aliphatic carbocycles. The molecule has 0 atom stereocenters. The number of anilines is 1. The average Bonchev–Trinajstić information content (AvgIpc) is 2.95. The largest absolute Gasteiger partial charge is 0.325 e. The number of halogens is 1. The molecular formula is C21H26FN3O3S. The molecule has 1 aliphatic rings. The van der Waals surface area contributed by atoms with Gasteiger partial charge in [-0.05, 0) is 55.3 Å². The van der Waals surface area contributed by atoms with E-state index in [1.54, 1.807) is 0 Å². The molecule has 1 fully saturated rings. The molecule has 0 unspecified atom stereocenters. The van der Waals surface area contributed by atoms with Crippen molar-refractivity contribution in [2.75, 3.05) is 38.0 Å². The number of rotatable bonds is 6. The predicted octanol–water partition coefficient (Wildman–Crippen LogP) is 2.72. The first kappa shape index (κ1) is 21.4. The van der Waals surface area contributed by atoms with Crippen LogP contribution in [-0.4, -0.2) is 56.3 Å². The minimum atomic E-state index is -3.67. The Kier molecular flexibility index (Phi) is 7.00. The highest BCUT2D eigenvalue weighted by Gasteiger charge is 2.27. The third-order valence-electron chi connectivity index (χ3n) is 5.04. The van der Waals surface area contributed by atoms with Gasteiger partial charge in [-0.3, -0.25) is 9.69 Å². The molecule has 0 spiro atoms.